The molecule has 0 heterocycles. The van der Waals surface area contributed by atoms with E-state index >= 15 is 35.1 Å². The van der Waals surface area contributed by atoms with Crippen molar-refractivity contribution < 1.29 is 70.2 Å². The average Bonchev–Trinajstić information content (AvgIpc) is 3.22. The van der Waals surface area contributed by atoms with E-state index in [1.165, 1.54) is 15.9 Å². The van der Waals surface area contributed by atoms with Gasteiger partial charge >= 0.3 is 0 Å². The van der Waals surface area contributed by atoms with Crippen molar-refractivity contribution in [2.24, 2.45) is 0 Å². The number of halogens is 16. The quantitative estimate of drug-likeness (QED) is 0.0497. The summed E-state index contributed by atoms with van der Waals surface area (Å²) in [5, 5.41) is 4.31. The molecule has 0 saturated carbocycles. The third-order valence-electron chi connectivity index (χ3n) is 9.52. The molecule has 0 fully saturated rings. The van der Waals surface area contributed by atoms with E-state index in [0.717, 1.165) is 0 Å². The zero-order valence-corrected chi connectivity index (χ0v) is 30.6. The minimum Gasteiger partial charge on any atom is -0.210 e. The largest absolute Gasteiger partial charge is 0.210 e. The fourth-order valence-corrected chi connectivity index (χ4v) is 9.67. The molecule has 308 valence electrons. The first kappa shape index (κ1) is 43.5. The topological polar surface area (TPSA) is 0 Å². The van der Waals surface area contributed by atoms with Crippen molar-refractivity contribution in [3.05, 3.63) is 208 Å². The van der Waals surface area contributed by atoms with Crippen LogP contribution in [0.1, 0.15) is 0 Å². The zero-order valence-electron chi connectivity index (χ0n) is 29.6. The van der Waals surface area contributed by atoms with Crippen LogP contribution in [0.4, 0.5) is 70.2 Å². The zero-order chi connectivity index (χ0) is 43.8. The van der Waals surface area contributed by atoms with Gasteiger partial charge in [-0.1, -0.05) is 54.6 Å². The molecule has 18 heteroatoms. The Labute approximate surface area is 330 Å². The van der Waals surface area contributed by atoms with E-state index in [2.05, 4.69) is 91.0 Å². The molecule has 0 N–H and O–H groups in total. The van der Waals surface area contributed by atoms with E-state index in [1.54, 1.807) is 0 Å². The maximum atomic E-state index is 15.3. The van der Waals surface area contributed by atoms with Crippen LogP contribution >= 0.6 is 7.92 Å². The monoisotopic (exact) mass is 870 g/mol. The van der Waals surface area contributed by atoms with Crippen LogP contribution in [0.25, 0.3) is 0 Å². The van der Waals surface area contributed by atoms with Gasteiger partial charge in [0.1, 0.15) is 45.3 Å². The van der Waals surface area contributed by atoms with Crippen molar-refractivity contribution in [3.8, 4) is 0 Å². The van der Waals surface area contributed by atoms with E-state index in [0.29, 0.717) is 0 Å². The van der Waals surface area contributed by atoms with Gasteiger partial charge in [0.2, 0.25) is 0 Å². The Morgan fingerprint density at radius 3 is 0.650 bits per heavy atom. The Bertz CT molecular complexity index is 2380. The van der Waals surface area contributed by atoms with Crippen LogP contribution in [0.15, 0.2) is 115 Å². The van der Waals surface area contributed by atoms with Crippen molar-refractivity contribution >= 4 is 51.8 Å². The van der Waals surface area contributed by atoms with Crippen molar-refractivity contribution in [1.82, 2.24) is 0 Å². The van der Waals surface area contributed by atoms with Crippen molar-refractivity contribution in [2.75, 3.05) is 0 Å². The van der Waals surface area contributed by atoms with Gasteiger partial charge in [-0.05, 0) is 36.4 Å². The second-order valence-corrected chi connectivity index (χ2v) is 15.3. The lowest BCUT2D eigenvalue weighted by atomic mass is 9.12. The summed E-state index contributed by atoms with van der Waals surface area (Å²) in [6, 6.07) is 29.6. The summed E-state index contributed by atoms with van der Waals surface area (Å²) < 4.78 is 235. The van der Waals surface area contributed by atoms with Gasteiger partial charge in [-0.15, -0.1) is 21.9 Å². The van der Waals surface area contributed by atoms with E-state index in [-0.39, 0.29) is 0 Å². The molecule has 0 bridgehead atoms. The molecule has 7 aromatic carbocycles. The first-order chi connectivity index (χ1) is 28.4. The lowest BCUT2D eigenvalue weighted by Gasteiger charge is -2.44. The van der Waals surface area contributed by atoms with Gasteiger partial charge in [-0.25, -0.2) is 70.2 Å². The second kappa shape index (κ2) is 17.3. The summed E-state index contributed by atoms with van der Waals surface area (Å²) in [6.45, 7) is 0. The second-order valence-electron chi connectivity index (χ2n) is 12.9. The maximum absolute atomic E-state index is 15.3. The number of rotatable bonds is 7. The van der Waals surface area contributed by atoms with Crippen LogP contribution in [-0.2, 0) is 0 Å². The summed E-state index contributed by atoms with van der Waals surface area (Å²) in [6.07, 6.45) is -6.18. The van der Waals surface area contributed by atoms with E-state index in [4.69, 9.17) is 0 Å². The first-order valence-electron chi connectivity index (χ1n) is 17.0. The highest BCUT2D eigenvalue weighted by molar-refractivity contribution is 7.79. The van der Waals surface area contributed by atoms with Gasteiger partial charge in [0, 0.05) is 24.3 Å². The smallest absolute Gasteiger partial charge is 0.191 e. The fraction of sp³-hybridized carbons (Fsp3) is 0. The Morgan fingerprint density at radius 1 is 0.250 bits per heavy atom. The number of benzene rings is 7. The molecule has 0 saturated heterocycles. The standard InChI is InChI=1S/C24H4BF16.C18H15P/c26-5-1-9(30)17(34)21(38)13(5)25(14-6(27)2-10(31)18(35)22(14)39,15-7(28)3-11(32)19(36)23(15)40)16-8(29)4-12(33)20(37)24(16)41;1-4-10-16(11-5-1)19(17-12-6-2-7-13-17)18-14-8-3-9-15-18/h1-4H;1-15H/q-1;/p+1. The average molecular weight is 870 g/mol. The van der Waals surface area contributed by atoms with Gasteiger partial charge in [-0.2, -0.15) is 0 Å². The third kappa shape index (κ3) is 7.50. The molecule has 0 aliphatic heterocycles. The predicted molar refractivity (Wildman–Crippen MR) is 196 cm³/mol. The molecular weight excluding hydrogens is 850 g/mol. The Morgan fingerprint density at radius 2 is 0.450 bits per heavy atom. The van der Waals surface area contributed by atoms with E-state index in [9.17, 15) is 35.1 Å². The maximum Gasteiger partial charge on any atom is 0.191 e. The highest BCUT2D eigenvalue weighted by Gasteiger charge is 2.49. The molecule has 0 unspecified atom stereocenters. The molecule has 0 aliphatic rings. The molecule has 60 heavy (non-hydrogen) atoms. The minimum absolute atomic E-state index is 0.731. The Kier molecular flexibility index (Phi) is 12.5. The van der Waals surface area contributed by atoms with Crippen molar-refractivity contribution in [1.29, 1.82) is 0 Å². The van der Waals surface area contributed by atoms with Gasteiger partial charge in [0.15, 0.2) is 46.5 Å². The van der Waals surface area contributed by atoms with Crippen LogP contribution in [0.3, 0.4) is 0 Å². The van der Waals surface area contributed by atoms with Crippen molar-refractivity contribution in [3.63, 3.8) is 0 Å². The third-order valence-corrected chi connectivity index (χ3v) is 12.2. The summed E-state index contributed by atoms with van der Waals surface area (Å²) in [4.78, 5) is 0. The molecule has 7 aromatic rings. The molecule has 0 aromatic heterocycles. The number of hydrogen-bond acceptors (Lipinski definition) is 0. The normalized spacial score (nSPS) is 11.5. The van der Waals surface area contributed by atoms with Gasteiger partial charge < -0.3 is 0 Å². The SMILES string of the molecule is Fc1cc(F)c([B-](c2c(F)cc(F)c(F)c2F)(c2c(F)cc(F)c(F)c2F)c2c(F)cc(F)c(F)c2F)c(F)c1F.c1ccc([PH+](c2ccccc2)c2ccccc2)cc1. The van der Waals surface area contributed by atoms with Gasteiger partial charge in [-0.3, -0.25) is 0 Å². The highest BCUT2D eigenvalue weighted by atomic mass is 31.1. The molecular formula is C42H20BF16P. The van der Waals surface area contributed by atoms with Crippen LogP contribution in [0.5, 0.6) is 0 Å². The summed E-state index contributed by atoms with van der Waals surface area (Å²) >= 11 is 0. The molecule has 0 spiro atoms. The van der Waals surface area contributed by atoms with E-state index in [1.807, 2.05) is 0 Å². The lowest BCUT2D eigenvalue weighted by Crippen LogP contribution is -2.80. The van der Waals surface area contributed by atoms with Crippen LogP contribution in [-0.4, -0.2) is 6.15 Å². The minimum atomic E-state index is -6.18. The van der Waals surface area contributed by atoms with E-state index < -0.39 is 153 Å². The van der Waals surface area contributed by atoms with Crippen LogP contribution < -0.4 is 37.8 Å². The molecule has 7 rings (SSSR count). The first-order valence-corrected chi connectivity index (χ1v) is 18.5. The van der Waals surface area contributed by atoms with Gasteiger partial charge in [0.05, 0.1) is 31.2 Å². The number of hydrogen-bond donors (Lipinski definition) is 0. The molecule has 0 aliphatic carbocycles. The molecule has 0 radical (unpaired) electrons. The Hall–Kier alpha value is -6.09. The van der Waals surface area contributed by atoms with Crippen LogP contribution in [0.2, 0.25) is 0 Å². The summed E-state index contributed by atoms with van der Waals surface area (Å²) in [5.41, 5.74) is -10.9. The fourth-order valence-electron chi connectivity index (χ4n) is 7.09. The summed E-state index contributed by atoms with van der Waals surface area (Å²) in [7, 11) is -0.877. The predicted octanol–water partition coefficient (Wildman–Crippen LogP) is 8.47. The summed E-state index contributed by atoms with van der Waals surface area (Å²) in [5.74, 6) is -45.1. The molecule has 0 atom stereocenters. The van der Waals surface area contributed by atoms with Crippen LogP contribution in [0, 0.1) is 93.1 Å². The van der Waals surface area contributed by atoms with Gasteiger partial charge in [0.25, 0.3) is 0 Å². The highest BCUT2D eigenvalue weighted by Crippen LogP contribution is 2.32. The lowest BCUT2D eigenvalue weighted by molar-refractivity contribution is 0.434. The Balaban J connectivity index is 0.000000263. The molecule has 0 amide bonds. The molecule has 0 nitrogen and oxygen atoms in total. The van der Waals surface area contributed by atoms with Crippen molar-refractivity contribution in [2.45, 2.75) is 0 Å².